The molecule has 4 aromatic rings. The molecule has 32 heavy (non-hydrogen) atoms. The van der Waals surface area contributed by atoms with Gasteiger partial charge in [-0.1, -0.05) is 59.7 Å². The maximum Gasteiger partial charge on any atom is 0.198 e. The van der Waals surface area contributed by atoms with Crippen molar-refractivity contribution in [2.75, 3.05) is 5.75 Å². The Kier molecular flexibility index (Phi) is 6.37. The van der Waals surface area contributed by atoms with Crippen molar-refractivity contribution in [3.8, 4) is 0 Å². The number of nitrogens with zero attached hydrogens (tertiary/aromatic N) is 4. The number of rotatable bonds is 6. The molecule has 0 unspecified atom stereocenters. The minimum atomic E-state index is -0.202. The van der Waals surface area contributed by atoms with E-state index < -0.39 is 0 Å². The van der Waals surface area contributed by atoms with Gasteiger partial charge in [0, 0.05) is 32.8 Å². The first-order valence-electron chi connectivity index (χ1n) is 10.4. The summed E-state index contributed by atoms with van der Waals surface area (Å²) in [6.07, 6.45) is 1.90. The topological polar surface area (TPSA) is 52.3 Å². The Bertz CT molecular complexity index is 1300. The number of aromatic nitrogens is 4. The fourth-order valence-corrected chi connectivity index (χ4v) is 7.51. The Morgan fingerprint density at radius 2 is 1.94 bits per heavy atom. The third kappa shape index (κ3) is 4.14. The van der Waals surface area contributed by atoms with Crippen LogP contribution in [0.15, 0.2) is 28.5 Å². The number of thioether (sulfide) groups is 2. The molecule has 0 amide bonds. The molecule has 1 aliphatic rings. The Labute approximate surface area is 209 Å². The van der Waals surface area contributed by atoms with Crippen molar-refractivity contribution in [1.29, 1.82) is 0 Å². The van der Waals surface area contributed by atoms with Crippen LogP contribution in [0.4, 0.5) is 0 Å². The van der Waals surface area contributed by atoms with E-state index in [2.05, 4.69) is 35.4 Å². The van der Waals surface area contributed by atoms with Gasteiger partial charge in [0.15, 0.2) is 16.0 Å². The second-order valence-electron chi connectivity index (χ2n) is 8.28. The number of thiophene rings is 1. The quantitative estimate of drug-likeness (QED) is 0.195. The molecule has 168 valence electrons. The van der Waals surface area contributed by atoms with Crippen molar-refractivity contribution in [3.63, 3.8) is 0 Å². The zero-order valence-corrected chi connectivity index (χ0v) is 21.9. The first-order valence-corrected chi connectivity index (χ1v) is 13.9. The largest absolute Gasteiger partial charge is 0.370 e. The van der Waals surface area contributed by atoms with Crippen LogP contribution in [0.5, 0.6) is 0 Å². The zero-order chi connectivity index (χ0) is 22.5. The summed E-state index contributed by atoms with van der Waals surface area (Å²) in [5, 5.41) is 13.4. The molecule has 0 radical (unpaired) electrons. The second-order valence-corrected chi connectivity index (χ2v) is 12.2. The molecule has 0 saturated carbocycles. The Morgan fingerprint density at radius 3 is 2.69 bits per heavy atom. The molecule has 5 nitrogen and oxygen atoms in total. The van der Waals surface area contributed by atoms with Crippen LogP contribution in [0.1, 0.15) is 43.2 Å². The molecule has 0 spiro atoms. The van der Waals surface area contributed by atoms with Crippen molar-refractivity contribution in [2.45, 2.75) is 61.9 Å². The minimum absolute atomic E-state index is 0.202. The minimum Gasteiger partial charge on any atom is -0.370 e. The highest BCUT2D eigenvalue weighted by Crippen LogP contribution is 2.42. The maximum atomic E-state index is 6.39. The molecular formula is C22H22Cl2N4OS3. The molecule has 4 heterocycles. The lowest BCUT2D eigenvalue weighted by Crippen LogP contribution is -2.31. The third-order valence-corrected chi connectivity index (χ3v) is 9.26. The molecule has 0 N–H and O–H groups in total. The number of fused-ring (bicyclic) bond motifs is 5. The van der Waals surface area contributed by atoms with Gasteiger partial charge in [0.05, 0.1) is 17.6 Å². The number of hydrogen-bond acceptors (Lipinski definition) is 7. The molecule has 0 fully saturated rings. The molecule has 0 aliphatic carbocycles. The van der Waals surface area contributed by atoms with Crippen LogP contribution >= 0.6 is 58.1 Å². The Hall–Kier alpha value is -1.03. The Balaban J connectivity index is 1.63. The predicted molar refractivity (Wildman–Crippen MR) is 136 cm³/mol. The van der Waals surface area contributed by atoms with E-state index in [9.17, 15) is 0 Å². The summed E-state index contributed by atoms with van der Waals surface area (Å²) in [6, 6.07) is 5.58. The predicted octanol–water partition coefficient (Wildman–Crippen LogP) is 7.29. The summed E-state index contributed by atoms with van der Waals surface area (Å²) in [6.45, 7) is 7.06. The number of ether oxygens (including phenoxy) is 1. The van der Waals surface area contributed by atoms with Gasteiger partial charge >= 0.3 is 0 Å². The maximum absolute atomic E-state index is 6.39. The molecular weight excluding hydrogens is 503 g/mol. The third-order valence-electron chi connectivity index (χ3n) is 5.36. The van der Waals surface area contributed by atoms with Gasteiger partial charge in [0.1, 0.15) is 4.83 Å². The van der Waals surface area contributed by atoms with Crippen molar-refractivity contribution in [1.82, 2.24) is 19.6 Å². The summed E-state index contributed by atoms with van der Waals surface area (Å²) in [4.78, 5) is 7.32. The van der Waals surface area contributed by atoms with E-state index in [1.807, 2.05) is 18.2 Å². The molecule has 5 rings (SSSR count). The average Bonchev–Trinajstić information content (AvgIpc) is 3.32. The van der Waals surface area contributed by atoms with Gasteiger partial charge in [-0.15, -0.1) is 21.5 Å². The molecule has 1 aliphatic heterocycles. The van der Waals surface area contributed by atoms with Crippen LogP contribution in [0.25, 0.3) is 15.9 Å². The molecule has 0 atom stereocenters. The lowest BCUT2D eigenvalue weighted by Gasteiger charge is -2.30. The number of halogens is 2. The smallest absolute Gasteiger partial charge is 0.198 e. The summed E-state index contributed by atoms with van der Waals surface area (Å²) in [7, 11) is 0. The lowest BCUT2D eigenvalue weighted by atomic mass is 9.94. The van der Waals surface area contributed by atoms with E-state index in [-0.39, 0.29) is 5.60 Å². The van der Waals surface area contributed by atoms with E-state index in [1.165, 1.54) is 10.4 Å². The van der Waals surface area contributed by atoms with Crippen LogP contribution in [0.2, 0.25) is 10.0 Å². The van der Waals surface area contributed by atoms with Gasteiger partial charge in [0.2, 0.25) is 0 Å². The molecule has 0 saturated heterocycles. The van der Waals surface area contributed by atoms with Gasteiger partial charge in [-0.25, -0.2) is 9.38 Å². The van der Waals surface area contributed by atoms with E-state index >= 15 is 0 Å². The van der Waals surface area contributed by atoms with Crippen molar-refractivity contribution >= 4 is 73.9 Å². The SMILES string of the molecule is CCCSc1nc2sc3c(c2c2nnc(SCc4c(Cl)cccc4Cl)n12)CC(C)(C)OC3. The highest BCUT2D eigenvalue weighted by atomic mass is 35.5. The summed E-state index contributed by atoms with van der Waals surface area (Å²) < 4.78 is 8.15. The van der Waals surface area contributed by atoms with Crippen molar-refractivity contribution < 1.29 is 4.74 Å². The highest BCUT2D eigenvalue weighted by molar-refractivity contribution is 7.99. The lowest BCUT2D eigenvalue weighted by molar-refractivity contribution is -0.0379. The monoisotopic (exact) mass is 524 g/mol. The first-order chi connectivity index (χ1) is 15.4. The zero-order valence-electron chi connectivity index (χ0n) is 17.9. The average molecular weight is 526 g/mol. The van der Waals surface area contributed by atoms with Crippen LogP contribution in [-0.4, -0.2) is 30.9 Å². The molecule has 3 aromatic heterocycles. The molecule has 1 aromatic carbocycles. The van der Waals surface area contributed by atoms with Crippen LogP contribution in [0, 0.1) is 0 Å². The van der Waals surface area contributed by atoms with Crippen molar-refractivity contribution in [2.24, 2.45) is 0 Å². The highest BCUT2D eigenvalue weighted by Gasteiger charge is 2.31. The fraction of sp³-hybridized carbons (Fsp3) is 0.409. The van der Waals surface area contributed by atoms with E-state index in [0.29, 0.717) is 22.4 Å². The first kappa shape index (κ1) is 22.7. The normalized spacial score (nSPS) is 15.5. The van der Waals surface area contributed by atoms with E-state index in [0.717, 1.165) is 50.3 Å². The molecule has 0 bridgehead atoms. The number of benzene rings is 1. The van der Waals surface area contributed by atoms with Gasteiger partial charge in [-0.3, -0.25) is 0 Å². The second kappa shape index (κ2) is 8.96. The van der Waals surface area contributed by atoms with Gasteiger partial charge in [0.25, 0.3) is 0 Å². The summed E-state index contributed by atoms with van der Waals surface area (Å²) >= 11 is 17.8. The Morgan fingerprint density at radius 1 is 1.16 bits per heavy atom. The number of hydrogen-bond donors (Lipinski definition) is 0. The van der Waals surface area contributed by atoms with Gasteiger partial charge < -0.3 is 4.74 Å². The molecule has 10 heteroatoms. The fourth-order valence-electron chi connectivity index (χ4n) is 3.78. The van der Waals surface area contributed by atoms with Crippen molar-refractivity contribution in [3.05, 3.63) is 44.2 Å². The van der Waals surface area contributed by atoms with E-state index in [4.69, 9.17) is 32.9 Å². The van der Waals surface area contributed by atoms with E-state index in [1.54, 1.807) is 34.9 Å². The summed E-state index contributed by atoms with van der Waals surface area (Å²) in [5.74, 6) is 1.59. The standard InChI is InChI=1S/C22H22Cl2N4OS3/c1-4-8-30-20-25-19-17(12-9-22(2,3)29-10-16(12)32-19)18-26-27-21(28(18)20)31-11-13-14(23)6-5-7-15(13)24/h5-7H,4,8-11H2,1-3H3. The van der Waals surface area contributed by atoms with Crippen LogP contribution in [0.3, 0.4) is 0 Å². The van der Waals surface area contributed by atoms with Gasteiger partial charge in [-0.2, -0.15) is 0 Å². The summed E-state index contributed by atoms with van der Waals surface area (Å²) in [5.41, 5.74) is 2.87. The van der Waals surface area contributed by atoms with Crippen LogP contribution in [-0.2, 0) is 23.5 Å². The van der Waals surface area contributed by atoms with Crippen LogP contribution < -0.4 is 0 Å². The van der Waals surface area contributed by atoms with Gasteiger partial charge in [-0.05, 0) is 43.5 Å².